The number of halogens is 1. The van der Waals surface area contributed by atoms with E-state index in [1.807, 2.05) is 24.3 Å². The number of nitriles is 1. The molecule has 1 N–H and O–H groups in total. The van der Waals surface area contributed by atoms with Crippen LogP contribution in [-0.4, -0.2) is 24.5 Å². The number of nitrogens with zero attached hydrogens (tertiary/aromatic N) is 2. The summed E-state index contributed by atoms with van der Waals surface area (Å²) in [5.41, 5.74) is 0.553. The second-order valence-electron chi connectivity index (χ2n) is 6.59. The van der Waals surface area contributed by atoms with Crippen molar-refractivity contribution in [3.63, 3.8) is 0 Å². The average molecular weight is 476 g/mol. The van der Waals surface area contributed by atoms with E-state index in [0.717, 1.165) is 10.3 Å². The van der Waals surface area contributed by atoms with Gasteiger partial charge in [0.15, 0.2) is 6.61 Å². The van der Waals surface area contributed by atoms with E-state index in [1.54, 1.807) is 42.5 Å². The van der Waals surface area contributed by atoms with E-state index in [-0.39, 0.29) is 12.2 Å². The second-order valence-corrected chi connectivity index (χ2v) is 7.50. The minimum atomic E-state index is -0.821. The number of hydrogen-bond acceptors (Lipinski definition) is 5. The van der Waals surface area contributed by atoms with Gasteiger partial charge in [0, 0.05) is 15.4 Å². The van der Waals surface area contributed by atoms with E-state index in [0.29, 0.717) is 26.9 Å². The molecule has 1 fully saturated rings. The SMILES string of the molecule is N#CCOc1ccc(Br)cc1/C=C1\C(=O)NC(=O)N(c2cccc3ccccc23)C1=O. The van der Waals surface area contributed by atoms with E-state index in [4.69, 9.17) is 10.00 Å². The van der Waals surface area contributed by atoms with Crippen LogP contribution in [0.1, 0.15) is 5.56 Å². The van der Waals surface area contributed by atoms with Crippen molar-refractivity contribution in [1.29, 1.82) is 5.26 Å². The van der Waals surface area contributed by atoms with Gasteiger partial charge in [-0.1, -0.05) is 52.3 Å². The van der Waals surface area contributed by atoms with Gasteiger partial charge in [-0.3, -0.25) is 14.9 Å². The minimum absolute atomic E-state index is 0.196. The number of amides is 4. The molecule has 0 bridgehead atoms. The second kappa shape index (κ2) is 8.42. The number of carbonyl (C=O) groups excluding carboxylic acids is 3. The molecule has 1 aliphatic rings. The van der Waals surface area contributed by atoms with Crippen LogP contribution in [0.2, 0.25) is 0 Å². The molecule has 8 heteroatoms. The van der Waals surface area contributed by atoms with Gasteiger partial charge in [0.1, 0.15) is 17.4 Å². The summed E-state index contributed by atoms with van der Waals surface area (Å²) in [4.78, 5) is 39.3. The predicted molar refractivity (Wildman–Crippen MR) is 118 cm³/mol. The molecule has 4 amide bonds. The van der Waals surface area contributed by atoms with Crippen LogP contribution in [0.25, 0.3) is 16.8 Å². The average Bonchev–Trinajstić information content (AvgIpc) is 2.76. The smallest absolute Gasteiger partial charge is 0.335 e. The largest absolute Gasteiger partial charge is 0.478 e. The van der Waals surface area contributed by atoms with Crippen LogP contribution < -0.4 is 15.0 Å². The van der Waals surface area contributed by atoms with Crippen LogP contribution in [0.5, 0.6) is 5.75 Å². The van der Waals surface area contributed by atoms with Gasteiger partial charge in [0.2, 0.25) is 0 Å². The summed E-state index contributed by atoms with van der Waals surface area (Å²) in [5, 5.41) is 12.6. The molecule has 1 heterocycles. The molecule has 0 unspecified atom stereocenters. The highest BCUT2D eigenvalue weighted by atomic mass is 79.9. The van der Waals surface area contributed by atoms with Crippen molar-refractivity contribution in [2.45, 2.75) is 0 Å². The van der Waals surface area contributed by atoms with Gasteiger partial charge < -0.3 is 4.74 Å². The maximum Gasteiger partial charge on any atom is 0.335 e. The number of imide groups is 2. The summed E-state index contributed by atoms with van der Waals surface area (Å²) < 4.78 is 6.08. The van der Waals surface area contributed by atoms with Gasteiger partial charge in [-0.25, -0.2) is 9.69 Å². The predicted octanol–water partition coefficient (Wildman–Crippen LogP) is 4.17. The summed E-state index contributed by atoms with van der Waals surface area (Å²) in [6.07, 6.45) is 1.35. The van der Waals surface area contributed by atoms with Gasteiger partial charge in [-0.15, -0.1) is 0 Å². The number of anilines is 1. The van der Waals surface area contributed by atoms with Crippen LogP contribution in [0.15, 0.2) is 70.7 Å². The molecular formula is C23H14BrN3O4. The molecule has 3 aromatic rings. The third-order valence-corrected chi connectivity index (χ3v) is 5.17. The van der Waals surface area contributed by atoms with Crippen LogP contribution >= 0.6 is 15.9 Å². The van der Waals surface area contributed by atoms with Crippen molar-refractivity contribution < 1.29 is 19.1 Å². The van der Waals surface area contributed by atoms with Crippen LogP contribution in [0.3, 0.4) is 0 Å². The fourth-order valence-electron chi connectivity index (χ4n) is 3.31. The molecule has 1 saturated heterocycles. The molecule has 152 valence electrons. The highest BCUT2D eigenvalue weighted by Gasteiger charge is 2.37. The zero-order valence-electron chi connectivity index (χ0n) is 16.0. The Morgan fingerprint density at radius 1 is 1.06 bits per heavy atom. The maximum absolute atomic E-state index is 13.3. The van der Waals surface area contributed by atoms with Gasteiger partial charge >= 0.3 is 6.03 Å². The van der Waals surface area contributed by atoms with Crippen molar-refractivity contribution in [2.24, 2.45) is 0 Å². The lowest BCUT2D eigenvalue weighted by atomic mass is 10.0. The highest BCUT2D eigenvalue weighted by Crippen LogP contribution is 2.31. The Morgan fingerprint density at radius 3 is 2.65 bits per heavy atom. The number of ether oxygens (including phenoxy) is 1. The summed E-state index contributed by atoms with van der Waals surface area (Å²) in [7, 11) is 0. The Balaban J connectivity index is 1.81. The number of benzene rings is 3. The normalized spacial score (nSPS) is 15.2. The molecule has 4 rings (SSSR count). The van der Waals surface area contributed by atoms with Gasteiger partial charge in [0.25, 0.3) is 11.8 Å². The Hall–Kier alpha value is -3.96. The molecule has 0 spiro atoms. The molecular weight excluding hydrogens is 462 g/mol. The van der Waals surface area contributed by atoms with Gasteiger partial charge in [-0.05, 0) is 35.7 Å². The molecule has 0 radical (unpaired) electrons. The molecule has 0 saturated carbocycles. The molecule has 1 aliphatic heterocycles. The first-order valence-corrected chi connectivity index (χ1v) is 9.97. The Kier molecular flexibility index (Phi) is 5.52. The third-order valence-electron chi connectivity index (χ3n) is 4.67. The van der Waals surface area contributed by atoms with E-state index in [2.05, 4.69) is 21.2 Å². The first kappa shape index (κ1) is 20.3. The molecule has 31 heavy (non-hydrogen) atoms. The van der Waals surface area contributed by atoms with E-state index < -0.39 is 17.8 Å². The first-order chi connectivity index (χ1) is 15.0. The minimum Gasteiger partial charge on any atom is -0.478 e. The lowest BCUT2D eigenvalue weighted by molar-refractivity contribution is -0.122. The lowest BCUT2D eigenvalue weighted by Crippen LogP contribution is -2.54. The van der Waals surface area contributed by atoms with Gasteiger partial charge in [-0.2, -0.15) is 5.26 Å². The number of urea groups is 1. The van der Waals surface area contributed by atoms with E-state index in [9.17, 15) is 14.4 Å². The van der Waals surface area contributed by atoms with Crippen LogP contribution in [0.4, 0.5) is 10.5 Å². The van der Waals surface area contributed by atoms with E-state index in [1.165, 1.54) is 6.08 Å². The number of carbonyl (C=O) groups is 3. The fraction of sp³-hybridized carbons (Fsp3) is 0.0435. The molecule has 0 aromatic heterocycles. The molecule has 0 atom stereocenters. The third kappa shape index (κ3) is 3.91. The number of fused-ring (bicyclic) bond motifs is 1. The highest BCUT2D eigenvalue weighted by molar-refractivity contribution is 9.10. The topological polar surface area (TPSA) is 99.5 Å². The summed E-state index contributed by atoms with van der Waals surface area (Å²) in [6.45, 7) is -0.196. The Bertz CT molecular complexity index is 1300. The van der Waals surface area contributed by atoms with Crippen LogP contribution in [0, 0.1) is 11.3 Å². The zero-order chi connectivity index (χ0) is 22.0. The monoisotopic (exact) mass is 475 g/mol. The standard InChI is InChI=1S/C23H14BrN3O4/c24-16-8-9-20(31-11-10-25)15(12-16)13-18-21(28)26-23(30)27(22(18)29)19-7-3-5-14-4-1-2-6-17(14)19/h1-9,12-13H,11H2,(H,26,28,30)/b18-13+. The summed E-state index contributed by atoms with van der Waals surface area (Å²) >= 11 is 3.34. The Morgan fingerprint density at radius 2 is 1.84 bits per heavy atom. The maximum atomic E-state index is 13.3. The van der Waals surface area contributed by atoms with Crippen molar-refractivity contribution in [2.75, 3.05) is 11.5 Å². The van der Waals surface area contributed by atoms with Crippen molar-refractivity contribution in [1.82, 2.24) is 5.32 Å². The Labute approximate surface area is 185 Å². The fourth-order valence-corrected chi connectivity index (χ4v) is 3.69. The zero-order valence-corrected chi connectivity index (χ0v) is 17.5. The van der Waals surface area contributed by atoms with Crippen molar-refractivity contribution in [3.05, 3.63) is 76.3 Å². The van der Waals surface area contributed by atoms with Crippen molar-refractivity contribution in [3.8, 4) is 11.8 Å². The lowest BCUT2D eigenvalue weighted by Gasteiger charge is -2.27. The summed E-state index contributed by atoms with van der Waals surface area (Å²) in [6, 6.07) is 18.6. The van der Waals surface area contributed by atoms with E-state index >= 15 is 0 Å². The number of nitrogens with one attached hydrogen (secondary N) is 1. The molecule has 7 nitrogen and oxygen atoms in total. The quantitative estimate of drug-likeness (QED) is 0.450. The molecule has 0 aliphatic carbocycles. The number of hydrogen-bond donors (Lipinski definition) is 1. The van der Waals surface area contributed by atoms with Gasteiger partial charge in [0.05, 0.1) is 5.69 Å². The van der Waals surface area contributed by atoms with Crippen LogP contribution in [-0.2, 0) is 9.59 Å². The first-order valence-electron chi connectivity index (χ1n) is 9.18. The number of rotatable bonds is 4. The number of barbiturate groups is 1. The molecule has 3 aromatic carbocycles. The van der Waals surface area contributed by atoms with Crippen molar-refractivity contribution >= 4 is 56.3 Å². The summed E-state index contributed by atoms with van der Waals surface area (Å²) in [5.74, 6) is -1.24.